The summed E-state index contributed by atoms with van der Waals surface area (Å²) in [5.41, 5.74) is 0. The van der Waals surface area contributed by atoms with E-state index in [0.717, 1.165) is 31.1 Å². The molecular weight excluding hydrogens is 372 g/mol. The molecule has 0 amide bonds. The number of sulfonamides is 1. The molecule has 0 bridgehead atoms. The number of piperidine rings is 1. The van der Waals surface area contributed by atoms with Crippen molar-refractivity contribution in [3.05, 3.63) is 24.3 Å². The first-order valence-corrected chi connectivity index (χ1v) is 10.9. The van der Waals surface area contributed by atoms with Crippen molar-refractivity contribution in [1.82, 2.24) is 9.62 Å². The third kappa shape index (κ3) is 5.84. The summed E-state index contributed by atoms with van der Waals surface area (Å²) in [6.07, 6.45) is 4.47. The van der Waals surface area contributed by atoms with Gasteiger partial charge in [-0.2, -0.15) is 4.31 Å². The van der Waals surface area contributed by atoms with Crippen molar-refractivity contribution in [3.8, 4) is 5.75 Å². The highest BCUT2D eigenvalue weighted by atomic mass is 35.5. The van der Waals surface area contributed by atoms with Crippen LogP contribution in [-0.4, -0.2) is 45.0 Å². The van der Waals surface area contributed by atoms with Crippen LogP contribution in [0.15, 0.2) is 29.2 Å². The lowest BCUT2D eigenvalue weighted by atomic mass is 10.1. The van der Waals surface area contributed by atoms with Crippen LogP contribution in [-0.2, 0) is 10.0 Å². The average molecular weight is 403 g/mol. The van der Waals surface area contributed by atoms with E-state index < -0.39 is 10.0 Å². The quantitative estimate of drug-likeness (QED) is 0.724. The maximum Gasteiger partial charge on any atom is 0.243 e. The van der Waals surface area contributed by atoms with Crippen LogP contribution in [0.25, 0.3) is 0 Å². The Morgan fingerprint density at radius 2 is 1.73 bits per heavy atom. The van der Waals surface area contributed by atoms with Gasteiger partial charge in [-0.3, -0.25) is 0 Å². The molecule has 0 atom stereocenters. The Morgan fingerprint density at radius 3 is 2.27 bits per heavy atom. The minimum absolute atomic E-state index is 0. The van der Waals surface area contributed by atoms with Crippen LogP contribution in [0, 0.1) is 11.8 Å². The molecule has 2 aliphatic rings. The van der Waals surface area contributed by atoms with Crippen LogP contribution in [0.1, 0.15) is 39.5 Å². The van der Waals surface area contributed by atoms with E-state index in [2.05, 4.69) is 19.2 Å². The van der Waals surface area contributed by atoms with Gasteiger partial charge < -0.3 is 10.1 Å². The summed E-state index contributed by atoms with van der Waals surface area (Å²) in [4.78, 5) is 0.355. The number of hydrogen-bond donors (Lipinski definition) is 1. The van der Waals surface area contributed by atoms with Crippen LogP contribution in [0.3, 0.4) is 0 Å². The molecule has 5 nitrogen and oxygen atoms in total. The van der Waals surface area contributed by atoms with Crippen molar-refractivity contribution in [2.45, 2.75) is 50.5 Å². The SMILES string of the molecule is CC(C)COc1ccc(S(=O)(=O)N2CCC(NCC3CC3)CC2)cc1.Cl. The second-order valence-corrected chi connectivity index (χ2v) is 9.64. The highest BCUT2D eigenvalue weighted by Crippen LogP contribution is 2.28. The van der Waals surface area contributed by atoms with Crippen LogP contribution >= 0.6 is 12.4 Å². The second kappa shape index (κ2) is 9.40. The first kappa shape index (κ1) is 21.5. The minimum atomic E-state index is -3.40. The Morgan fingerprint density at radius 1 is 1.12 bits per heavy atom. The zero-order chi connectivity index (χ0) is 17.9. The zero-order valence-corrected chi connectivity index (χ0v) is 17.3. The first-order chi connectivity index (χ1) is 11.9. The van der Waals surface area contributed by atoms with Gasteiger partial charge in [0.2, 0.25) is 10.0 Å². The molecule has 1 aliphatic heterocycles. The number of nitrogens with zero attached hydrogens (tertiary/aromatic N) is 1. The Balaban J connectivity index is 0.00000243. The van der Waals surface area contributed by atoms with E-state index in [9.17, 15) is 8.42 Å². The van der Waals surface area contributed by atoms with Gasteiger partial charge in [0, 0.05) is 19.1 Å². The van der Waals surface area contributed by atoms with E-state index in [-0.39, 0.29) is 12.4 Å². The third-order valence-corrected chi connectivity index (χ3v) is 6.80. The van der Waals surface area contributed by atoms with Gasteiger partial charge in [-0.15, -0.1) is 12.4 Å². The molecule has 7 heteroatoms. The van der Waals surface area contributed by atoms with Gasteiger partial charge in [0.1, 0.15) is 5.75 Å². The molecule has 0 radical (unpaired) electrons. The zero-order valence-electron chi connectivity index (χ0n) is 15.7. The fraction of sp³-hybridized carbons (Fsp3) is 0.684. The smallest absolute Gasteiger partial charge is 0.243 e. The summed E-state index contributed by atoms with van der Waals surface area (Å²) in [5.74, 6) is 2.02. The summed E-state index contributed by atoms with van der Waals surface area (Å²) >= 11 is 0. The van der Waals surface area contributed by atoms with Gasteiger partial charge in [0.05, 0.1) is 11.5 Å². The first-order valence-electron chi connectivity index (χ1n) is 9.41. The van der Waals surface area contributed by atoms with Crippen molar-refractivity contribution in [2.75, 3.05) is 26.2 Å². The number of ether oxygens (including phenoxy) is 1. The average Bonchev–Trinajstić information content (AvgIpc) is 3.43. The number of halogens is 1. The predicted molar refractivity (Wildman–Crippen MR) is 107 cm³/mol. The van der Waals surface area contributed by atoms with Gasteiger partial charge in [-0.1, -0.05) is 13.8 Å². The van der Waals surface area contributed by atoms with Gasteiger partial charge in [-0.25, -0.2) is 8.42 Å². The van der Waals surface area contributed by atoms with E-state index in [1.54, 1.807) is 28.6 Å². The van der Waals surface area contributed by atoms with Gasteiger partial charge in [0.25, 0.3) is 0 Å². The lowest BCUT2D eigenvalue weighted by molar-refractivity contribution is 0.271. The molecule has 2 fully saturated rings. The summed E-state index contributed by atoms with van der Waals surface area (Å²) in [6, 6.07) is 7.27. The molecule has 1 aliphatic carbocycles. The van der Waals surface area contributed by atoms with E-state index in [4.69, 9.17) is 4.74 Å². The molecule has 1 saturated carbocycles. The Hall–Kier alpha value is -0.820. The number of benzene rings is 1. The molecule has 1 N–H and O–H groups in total. The lowest BCUT2D eigenvalue weighted by Gasteiger charge is -2.31. The molecule has 1 aromatic carbocycles. The maximum atomic E-state index is 12.8. The molecule has 1 aromatic rings. The fourth-order valence-corrected chi connectivity index (χ4v) is 4.55. The summed E-state index contributed by atoms with van der Waals surface area (Å²) in [6.45, 7) is 7.08. The van der Waals surface area contributed by atoms with Crippen LogP contribution < -0.4 is 10.1 Å². The number of nitrogens with one attached hydrogen (secondary N) is 1. The van der Waals surface area contributed by atoms with Crippen molar-refractivity contribution < 1.29 is 13.2 Å². The fourth-order valence-electron chi connectivity index (χ4n) is 3.08. The molecule has 1 heterocycles. The minimum Gasteiger partial charge on any atom is -0.493 e. The molecule has 0 aromatic heterocycles. The molecular formula is C19H31ClN2O3S. The van der Waals surface area contributed by atoms with Crippen molar-refractivity contribution in [1.29, 1.82) is 0 Å². The summed E-state index contributed by atoms with van der Waals surface area (Å²) in [5, 5.41) is 3.59. The summed E-state index contributed by atoms with van der Waals surface area (Å²) < 4.78 is 32.9. The molecule has 26 heavy (non-hydrogen) atoms. The molecule has 148 valence electrons. The molecule has 3 rings (SSSR count). The van der Waals surface area contributed by atoms with Crippen molar-refractivity contribution >= 4 is 22.4 Å². The van der Waals surface area contributed by atoms with Gasteiger partial charge >= 0.3 is 0 Å². The highest BCUT2D eigenvalue weighted by Gasteiger charge is 2.30. The van der Waals surface area contributed by atoms with E-state index in [1.165, 1.54) is 12.8 Å². The van der Waals surface area contributed by atoms with Gasteiger partial charge in [-0.05, 0) is 68.3 Å². The Labute approximate surface area is 164 Å². The molecule has 1 saturated heterocycles. The van der Waals surface area contributed by atoms with E-state index in [1.807, 2.05) is 0 Å². The Bertz CT molecular complexity index is 652. The normalized spacial score (nSPS) is 19.3. The number of hydrogen-bond acceptors (Lipinski definition) is 4. The third-order valence-electron chi connectivity index (χ3n) is 4.89. The topological polar surface area (TPSA) is 58.6 Å². The van der Waals surface area contributed by atoms with E-state index in [0.29, 0.717) is 36.6 Å². The van der Waals surface area contributed by atoms with Crippen molar-refractivity contribution in [2.24, 2.45) is 11.8 Å². The maximum absolute atomic E-state index is 12.8. The monoisotopic (exact) mass is 402 g/mol. The second-order valence-electron chi connectivity index (χ2n) is 7.71. The highest BCUT2D eigenvalue weighted by molar-refractivity contribution is 7.89. The standard InChI is InChI=1S/C19H30N2O3S.ClH/c1-15(2)14-24-18-5-7-19(8-6-18)25(22,23)21-11-9-17(10-12-21)20-13-16-3-4-16;/h5-8,15-17,20H,3-4,9-14H2,1-2H3;1H. The molecule has 0 spiro atoms. The van der Waals surface area contributed by atoms with Crippen molar-refractivity contribution in [3.63, 3.8) is 0 Å². The van der Waals surface area contributed by atoms with Crippen LogP contribution in [0.2, 0.25) is 0 Å². The summed E-state index contributed by atoms with van der Waals surface area (Å²) in [7, 11) is -3.40. The Kier molecular flexibility index (Phi) is 7.76. The largest absolute Gasteiger partial charge is 0.493 e. The van der Waals surface area contributed by atoms with Gasteiger partial charge in [0.15, 0.2) is 0 Å². The molecule has 0 unspecified atom stereocenters. The lowest BCUT2D eigenvalue weighted by Crippen LogP contribution is -2.45. The van der Waals surface area contributed by atoms with Crippen LogP contribution in [0.4, 0.5) is 0 Å². The van der Waals surface area contributed by atoms with Crippen LogP contribution in [0.5, 0.6) is 5.75 Å². The predicted octanol–water partition coefficient (Wildman–Crippen LogP) is 3.30. The number of rotatable bonds is 8. The van der Waals surface area contributed by atoms with E-state index >= 15 is 0 Å².